The van der Waals surface area contributed by atoms with Crippen LogP contribution in [0, 0.1) is 0 Å². The summed E-state index contributed by atoms with van der Waals surface area (Å²) < 4.78 is 0. The molecule has 22 heavy (non-hydrogen) atoms. The summed E-state index contributed by atoms with van der Waals surface area (Å²) in [5.74, 6) is 1.66. The highest BCUT2D eigenvalue weighted by atomic mass is 32.1. The molecule has 2 heterocycles. The minimum atomic E-state index is 0.622. The predicted octanol–water partition coefficient (Wildman–Crippen LogP) is 3.36. The smallest absolute Gasteiger partial charge is 0.193 e. The van der Waals surface area contributed by atoms with Crippen molar-refractivity contribution < 1.29 is 0 Å². The molecule has 3 nitrogen and oxygen atoms in total. The van der Waals surface area contributed by atoms with E-state index in [0.717, 1.165) is 32.0 Å². The lowest BCUT2D eigenvalue weighted by atomic mass is 9.99. The minimum absolute atomic E-state index is 0.622. The van der Waals surface area contributed by atoms with Gasteiger partial charge < -0.3 is 10.2 Å². The first-order chi connectivity index (χ1) is 10.9. The fraction of sp³-hybridized carbons (Fsp3) is 0.389. The zero-order valence-corrected chi connectivity index (χ0v) is 13.9. The van der Waals surface area contributed by atoms with Crippen molar-refractivity contribution >= 4 is 17.3 Å². The highest BCUT2D eigenvalue weighted by Crippen LogP contribution is 2.26. The molecule has 3 rings (SSSR count). The molecular weight excluding hydrogens is 290 g/mol. The van der Waals surface area contributed by atoms with Crippen LogP contribution in [0.25, 0.3) is 0 Å². The molecule has 1 aromatic heterocycles. The molecule has 1 atom stereocenters. The number of aliphatic imine (C=N–C) groups is 1. The van der Waals surface area contributed by atoms with Crippen molar-refractivity contribution in [3.63, 3.8) is 0 Å². The molecule has 0 saturated carbocycles. The Kier molecular flexibility index (Phi) is 5.11. The van der Waals surface area contributed by atoms with Crippen molar-refractivity contribution in [2.75, 3.05) is 26.7 Å². The molecule has 1 fully saturated rings. The zero-order valence-electron chi connectivity index (χ0n) is 13.0. The van der Waals surface area contributed by atoms with Crippen LogP contribution >= 0.6 is 11.3 Å². The van der Waals surface area contributed by atoms with Gasteiger partial charge in [0.1, 0.15) is 0 Å². The number of guanidine groups is 1. The number of rotatable bonds is 4. The fourth-order valence-corrected chi connectivity index (χ4v) is 3.74. The molecule has 0 bridgehead atoms. The van der Waals surface area contributed by atoms with Crippen LogP contribution in [0.3, 0.4) is 0 Å². The third-order valence-corrected chi connectivity index (χ3v) is 5.14. The number of thiophene rings is 1. The molecule has 0 spiro atoms. The Bertz CT molecular complexity index is 592. The quantitative estimate of drug-likeness (QED) is 0.692. The van der Waals surface area contributed by atoms with Gasteiger partial charge in [-0.25, -0.2) is 0 Å². The van der Waals surface area contributed by atoms with Crippen LogP contribution in [-0.2, 0) is 6.42 Å². The predicted molar refractivity (Wildman–Crippen MR) is 94.8 cm³/mol. The molecule has 1 aromatic carbocycles. The third-order valence-electron chi connectivity index (χ3n) is 4.21. The van der Waals surface area contributed by atoms with Crippen LogP contribution < -0.4 is 5.32 Å². The largest absolute Gasteiger partial charge is 0.356 e. The van der Waals surface area contributed by atoms with Crippen LogP contribution in [0.15, 0.2) is 52.8 Å². The lowest BCUT2D eigenvalue weighted by Gasteiger charge is -2.21. The molecule has 2 aromatic rings. The van der Waals surface area contributed by atoms with Crippen LogP contribution in [0.2, 0.25) is 0 Å². The first-order valence-corrected chi connectivity index (χ1v) is 8.77. The lowest BCUT2D eigenvalue weighted by molar-refractivity contribution is 0.486. The van der Waals surface area contributed by atoms with Gasteiger partial charge in [-0.2, -0.15) is 0 Å². The molecule has 0 amide bonds. The van der Waals surface area contributed by atoms with Gasteiger partial charge in [0.15, 0.2) is 5.96 Å². The standard InChI is InChI=1S/C18H23N3S/c1-19-18(20-11-9-17-8-5-13-22-17)21-12-10-16(14-21)15-6-3-2-4-7-15/h2-8,13,16H,9-12,14H2,1H3,(H,19,20). The summed E-state index contributed by atoms with van der Waals surface area (Å²) in [5.41, 5.74) is 1.44. The number of benzene rings is 1. The van der Waals surface area contributed by atoms with Gasteiger partial charge in [-0.15, -0.1) is 11.3 Å². The minimum Gasteiger partial charge on any atom is -0.356 e. The molecular formula is C18H23N3S. The van der Waals surface area contributed by atoms with E-state index in [2.05, 4.69) is 63.1 Å². The van der Waals surface area contributed by atoms with E-state index in [1.165, 1.54) is 16.9 Å². The van der Waals surface area contributed by atoms with Gasteiger partial charge in [-0.1, -0.05) is 36.4 Å². The van der Waals surface area contributed by atoms with E-state index in [0.29, 0.717) is 5.92 Å². The molecule has 0 radical (unpaired) electrons. The molecule has 1 saturated heterocycles. The molecule has 1 aliphatic rings. The number of nitrogens with zero attached hydrogens (tertiary/aromatic N) is 2. The summed E-state index contributed by atoms with van der Waals surface area (Å²) in [5, 5.41) is 5.64. The third kappa shape index (κ3) is 3.69. The van der Waals surface area contributed by atoms with Gasteiger partial charge in [-0.3, -0.25) is 4.99 Å². The maximum absolute atomic E-state index is 4.45. The van der Waals surface area contributed by atoms with Gasteiger partial charge >= 0.3 is 0 Å². The first kappa shape index (κ1) is 15.1. The molecule has 1 N–H and O–H groups in total. The van der Waals surface area contributed by atoms with E-state index in [-0.39, 0.29) is 0 Å². The second kappa shape index (κ2) is 7.45. The van der Waals surface area contributed by atoms with E-state index < -0.39 is 0 Å². The van der Waals surface area contributed by atoms with Crippen LogP contribution in [0.4, 0.5) is 0 Å². The second-order valence-electron chi connectivity index (χ2n) is 5.65. The van der Waals surface area contributed by atoms with Crippen LogP contribution in [0.5, 0.6) is 0 Å². The topological polar surface area (TPSA) is 27.6 Å². The fourth-order valence-electron chi connectivity index (χ4n) is 3.03. The Labute approximate surface area is 136 Å². The van der Waals surface area contributed by atoms with E-state index in [4.69, 9.17) is 0 Å². The van der Waals surface area contributed by atoms with Gasteiger partial charge in [0.05, 0.1) is 0 Å². The number of nitrogens with one attached hydrogen (secondary N) is 1. The molecule has 4 heteroatoms. The van der Waals surface area contributed by atoms with Crippen molar-refractivity contribution in [2.24, 2.45) is 4.99 Å². The van der Waals surface area contributed by atoms with Crippen molar-refractivity contribution in [2.45, 2.75) is 18.8 Å². The summed E-state index contributed by atoms with van der Waals surface area (Å²) >= 11 is 1.82. The summed E-state index contributed by atoms with van der Waals surface area (Å²) in [4.78, 5) is 8.26. The molecule has 0 aliphatic carbocycles. The van der Waals surface area contributed by atoms with E-state index in [1.807, 2.05) is 18.4 Å². The average molecular weight is 313 g/mol. The van der Waals surface area contributed by atoms with Crippen LogP contribution in [-0.4, -0.2) is 37.5 Å². The Balaban J connectivity index is 1.52. The second-order valence-corrected chi connectivity index (χ2v) is 6.68. The maximum Gasteiger partial charge on any atom is 0.193 e. The van der Waals surface area contributed by atoms with Crippen molar-refractivity contribution in [1.29, 1.82) is 0 Å². The molecule has 1 aliphatic heterocycles. The summed E-state index contributed by atoms with van der Waals surface area (Å²) in [7, 11) is 1.88. The van der Waals surface area contributed by atoms with Gasteiger partial charge in [0.2, 0.25) is 0 Å². The normalized spacial score (nSPS) is 18.7. The van der Waals surface area contributed by atoms with E-state index >= 15 is 0 Å². The summed E-state index contributed by atoms with van der Waals surface area (Å²) in [6, 6.07) is 15.1. The highest BCUT2D eigenvalue weighted by Gasteiger charge is 2.25. The van der Waals surface area contributed by atoms with E-state index in [1.54, 1.807) is 0 Å². The molecule has 116 valence electrons. The van der Waals surface area contributed by atoms with Gasteiger partial charge in [0.25, 0.3) is 0 Å². The SMILES string of the molecule is CN=C(NCCc1cccs1)N1CCC(c2ccccc2)C1. The number of hydrogen-bond donors (Lipinski definition) is 1. The summed E-state index contributed by atoms with van der Waals surface area (Å²) in [6.07, 6.45) is 2.27. The Morgan fingerprint density at radius 2 is 2.14 bits per heavy atom. The Hall–Kier alpha value is -1.81. The Morgan fingerprint density at radius 1 is 1.27 bits per heavy atom. The van der Waals surface area contributed by atoms with E-state index in [9.17, 15) is 0 Å². The van der Waals surface area contributed by atoms with Gasteiger partial charge in [-0.05, 0) is 29.9 Å². The van der Waals surface area contributed by atoms with Crippen molar-refractivity contribution in [3.8, 4) is 0 Å². The van der Waals surface area contributed by atoms with Gasteiger partial charge in [0, 0.05) is 37.5 Å². The average Bonchev–Trinajstić information content (AvgIpc) is 3.24. The monoisotopic (exact) mass is 313 g/mol. The Morgan fingerprint density at radius 3 is 2.86 bits per heavy atom. The number of hydrogen-bond acceptors (Lipinski definition) is 2. The first-order valence-electron chi connectivity index (χ1n) is 7.90. The zero-order chi connectivity index (χ0) is 15.2. The summed E-state index contributed by atoms with van der Waals surface area (Å²) in [6.45, 7) is 3.08. The van der Waals surface area contributed by atoms with Crippen molar-refractivity contribution in [3.05, 3.63) is 58.3 Å². The molecule has 1 unspecified atom stereocenters. The lowest BCUT2D eigenvalue weighted by Crippen LogP contribution is -2.40. The van der Waals surface area contributed by atoms with Crippen molar-refractivity contribution in [1.82, 2.24) is 10.2 Å². The number of likely N-dealkylation sites (tertiary alicyclic amines) is 1. The van der Waals surface area contributed by atoms with Crippen LogP contribution in [0.1, 0.15) is 22.8 Å². The highest BCUT2D eigenvalue weighted by molar-refractivity contribution is 7.09. The maximum atomic E-state index is 4.45.